The van der Waals surface area contributed by atoms with Crippen LogP contribution in [0.3, 0.4) is 0 Å². The van der Waals surface area contributed by atoms with Crippen molar-refractivity contribution in [2.45, 2.75) is 0 Å². The maximum absolute atomic E-state index is 11.9. The number of nitrogens with two attached hydrogens (primary N) is 1. The number of aromatic carboxylic acids is 2. The van der Waals surface area contributed by atoms with Crippen molar-refractivity contribution in [2.75, 3.05) is 5.73 Å². The molecule has 116 valence electrons. The Morgan fingerprint density at radius 2 is 1.87 bits per heavy atom. The summed E-state index contributed by atoms with van der Waals surface area (Å²) in [5.41, 5.74) is 3.81. The minimum absolute atomic E-state index is 0.206. The van der Waals surface area contributed by atoms with Crippen molar-refractivity contribution in [1.29, 1.82) is 0 Å². The number of pyridine rings is 1. The molecule has 3 aromatic rings. The van der Waals surface area contributed by atoms with Crippen LogP contribution >= 0.6 is 11.5 Å². The van der Waals surface area contributed by atoms with Gasteiger partial charge in [0.05, 0.1) is 4.70 Å². The number of hydrogen-bond donors (Lipinski definition) is 4. The molecule has 0 spiro atoms. The van der Waals surface area contributed by atoms with Gasteiger partial charge in [0.1, 0.15) is 22.5 Å². The van der Waals surface area contributed by atoms with E-state index in [9.17, 15) is 24.6 Å². The van der Waals surface area contributed by atoms with Gasteiger partial charge in [-0.3, -0.25) is 4.79 Å². The van der Waals surface area contributed by atoms with Crippen LogP contribution in [0.1, 0.15) is 20.7 Å². The van der Waals surface area contributed by atoms with E-state index in [1.165, 1.54) is 12.1 Å². The van der Waals surface area contributed by atoms with Crippen LogP contribution < -0.4 is 11.3 Å². The first kappa shape index (κ1) is 14.7. The summed E-state index contributed by atoms with van der Waals surface area (Å²) >= 11 is 1.13. The van der Waals surface area contributed by atoms with E-state index in [4.69, 9.17) is 5.73 Å². The number of H-pyrrole nitrogens is 1. The van der Waals surface area contributed by atoms with Crippen molar-refractivity contribution >= 4 is 39.5 Å². The second-order valence-corrected chi connectivity index (χ2v) is 5.34. The molecule has 0 unspecified atom stereocenters. The number of fused-ring (bicyclic) bond motifs is 1. The number of aromatic nitrogens is 3. The Bertz CT molecular complexity index is 1020. The maximum Gasteiger partial charge on any atom is 0.342 e. The van der Waals surface area contributed by atoms with E-state index in [0.29, 0.717) is 5.52 Å². The molecule has 10 heteroatoms. The number of anilines is 1. The predicted molar refractivity (Wildman–Crippen MR) is 81.8 cm³/mol. The molecule has 2 heterocycles. The molecule has 0 bridgehead atoms. The van der Waals surface area contributed by atoms with Crippen LogP contribution in [0.5, 0.6) is 0 Å². The SMILES string of the molecule is Nc1[nH]c(=O)c(C(=O)O)c(-c2ccc3snnc3c2)c1C(=O)O. The average Bonchev–Trinajstić information content (AvgIpc) is 2.92. The average molecular weight is 332 g/mol. The van der Waals surface area contributed by atoms with Gasteiger partial charge in [0, 0.05) is 5.56 Å². The Kier molecular flexibility index (Phi) is 3.30. The van der Waals surface area contributed by atoms with Gasteiger partial charge in [-0.2, -0.15) is 0 Å². The number of nitrogen functional groups attached to an aromatic ring is 1. The van der Waals surface area contributed by atoms with Crippen molar-refractivity contribution in [3.8, 4) is 11.1 Å². The van der Waals surface area contributed by atoms with Gasteiger partial charge in [-0.1, -0.05) is 10.6 Å². The van der Waals surface area contributed by atoms with Crippen molar-refractivity contribution < 1.29 is 19.8 Å². The summed E-state index contributed by atoms with van der Waals surface area (Å²) in [4.78, 5) is 36.9. The van der Waals surface area contributed by atoms with E-state index in [1.807, 2.05) is 4.98 Å². The molecule has 0 amide bonds. The van der Waals surface area contributed by atoms with Gasteiger partial charge >= 0.3 is 11.9 Å². The van der Waals surface area contributed by atoms with Gasteiger partial charge in [0.25, 0.3) is 5.56 Å². The number of hydrogen-bond acceptors (Lipinski definition) is 7. The molecule has 0 saturated heterocycles. The lowest BCUT2D eigenvalue weighted by Gasteiger charge is -2.11. The lowest BCUT2D eigenvalue weighted by Crippen LogP contribution is -2.24. The van der Waals surface area contributed by atoms with Gasteiger partial charge in [-0.25, -0.2) is 9.59 Å². The number of benzene rings is 1. The highest BCUT2D eigenvalue weighted by molar-refractivity contribution is 7.12. The Hall–Kier alpha value is -3.27. The number of carboxylic acids is 2. The van der Waals surface area contributed by atoms with Crippen molar-refractivity contribution in [3.63, 3.8) is 0 Å². The molecule has 0 aliphatic carbocycles. The summed E-state index contributed by atoms with van der Waals surface area (Å²) in [7, 11) is 0. The van der Waals surface area contributed by atoms with Gasteiger partial charge in [-0.05, 0) is 29.2 Å². The summed E-state index contributed by atoms with van der Waals surface area (Å²) < 4.78 is 4.49. The van der Waals surface area contributed by atoms with Crippen molar-refractivity contribution in [3.05, 3.63) is 39.7 Å². The van der Waals surface area contributed by atoms with E-state index >= 15 is 0 Å². The molecular formula is C13H8N4O5S. The molecule has 0 saturated carbocycles. The molecule has 0 aliphatic heterocycles. The second-order valence-electron chi connectivity index (χ2n) is 4.56. The largest absolute Gasteiger partial charge is 0.478 e. The lowest BCUT2D eigenvalue weighted by atomic mass is 9.95. The summed E-state index contributed by atoms with van der Waals surface area (Å²) in [5, 5.41) is 22.5. The molecular weight excluding hydrogens is 324 g/mol. The Labute approximate surface area is 131 Å². The van der Waals surface area contributed by atoms with Crippen LogP contribution in [0.4, 0.5) is 5.82 Å². The molecule has 5 N–H and O–H groups in total. The van der Waals surface area contributed by atoms with Crippen molar-refractivity contribution in [1.82, 2.24) is 14.6 Å². The number of nitrogens with zero attached hydrogens (tertiary/aromatic N) is 2. The number of nitrogens with one attached hydrogen (secondary N) is 1. The first-order chi connectivity index (χ1) is 10.9. The number of rotatable bonds is 3. The molecule has 2 aromatic heterocycles. The van der Waals surface area contributed by atoms with Gasteiger partial charge < -0.3 is 20.9 Å². The molecule has 0 aliphatic rings. The van der Waals surface area contributed by atoms with E-state index in [2.05, 4.69) is 9.59 Å². The fourth-order valence-corrected chi connectivity index (χ4v) is 2.81. The topological polar surface area (TPSA) is 159 Å². The fourth-order valence-electron chi connectivity index (χ4n) is 2.27. The third kappa shape index (κ3) is 2.30. The predicted octanol–water partition coefficient (Wildman–Crippen LogP) is 1.03. The summed E-state index contributed by atoms with van der Waals surface area (Å²) in [6.07, 6.45) is 0. The lowest BCUT2D eigenvalue weighted by molar-refractivity contribution is 0.0695. The number of carbonyl (C=O) groups is 2. The van der Waals surface area contributed by atoms with Crippen LogP contribution in [-0.4, -0.2) is 36.7 Å². The van der Waals surface area contributed by atoms with E-state index in [0.717, 1.165) is 16.2 Å². The minimum atomic E-state index is -1.56. The fraction of sp³-hybridized carbons (Fsp3) is 0. The highest BCUT2D eigenvalue weighted by atomic mass is 32.1. The monoisotopic (exact) mass is 332 g/mol. The summed E-state index contributed by atoms with van der Waals surface area (Å²) in [6, 6.07) is 4.57. The van der Waals surface area contributed by atoms with Gasteiger partial charge in [0.15, 0.2) is 0 Å². The summed E-state index contributed by atoms with van der Waals surface area (Å²) in [5.74, 6) is -3.42. The zero-order valence-electron chi connectivity index (χ0n) is 11.2. The molecule has 0 radical (unpaired) electrons. The zero-order valence-corrected chi connectivity index (χ0v) is 12.0. The maximum atomic E-state index is 11.9. The van der Waals surface area contributed by atoms with E-state index in [-0.39, 0.29) is 11.1 Å². The quantitative estimate of drug-likeness (QED) is 0.553. The normalized spacial score (nSPS) is 10.8. The minimum Gasteiger partial charge on any atom is -0.478 e. The van der Waals surface area contributed by atoms with Crippen LogP contribution in [0.2, 0.25) is 0 Å². The Morgan fingerprint density at radius 1 is 1.17 bits per heavy atom. The molecule has 0 fully saturated rings. The van der Waals surface area contributed by atoms with Crippen LogP contribution in [-0.2, 0) is 0 Å². The molecule has 3 rings (SSSR count). The second kappa shape index (κ2) is 5.18. The van der Waals surface area contributed by atoms with E-state index in [1.54, 1.807) is 6.07 Å². The Balaban J connectivity index is 2.46. The first-order valence-corrected chi connectivity index (χ1v) is 6.92. The van der Waals surface area contributed by atoms with Gasteiger partial charge in [-0.15, -0.1) is 5.10 Å². The number of carboxylic acid groups (broad SMARTS) is 2. The molecule has 0 atom stereocenters. The van der Waals surface area contributed by atoms with Crippen LogP contribution in [0.25, 0.3) is 21.3 Å². The first-order valence-electron chi connectivity index (χ1n) is 6.15. The third-order valence-corrected chi connectivity index (χ3v) is 3.91. The van der Waals surface area contributed by atoms with Gasteiger partial charge in [0.2, 0.25) is 0 Å². The zero-order chi connectivity index (χ0) is 16.7. The molecule has 1 aromatic carbocycles. The van der Waals surface area contributed by atoms with Crippen LogP contribution in [0, 0.1) is 0 Å². The smallest absolute Gasteiger partial charge is 0.342 e. The third-order valence-electron chi connectivity index (χ3n) is 3.21. The number of aromatic amines is 1. The van der Waals surface area contributed by atoms with Crippen molar-refractivity contribution in [2.24, 2.45) is 0 Å². The Morgan fingerprint density at radius 3 is 2.52 bits per heavy atom. The van der Waals surface area contributed by atoms with E-state index < -0.39 is 34.4 Å². The molecule has 9 nitrogen and oxygen atoms in total. The standard InChI is InChI=1S/C13H8N4O5S/c14-10-8(12(19)20)7(9(13(21)22)11(18)15-10)4-1-2-6-5(3-4)16-17-23-6/h1-3H,(H,19,20)(H,21,22)(H3,14,15,18). The highest BCUT2D eigenvalue weighted by Gasteiger charge is 2.26. The highest BCUT2D eigenvalue weighted by Crippen LogP contribution is 2.31. The summed E-state index contributed by atoms with van der Waals surface area (Å²) in [6.45, 7) is 0. The molecule has 23 heavy (non-hydrogen) atoms. The van der Waals surface area contributed by atoms with Crippen LogP contribution in [0.15, 0.2) is 23.0 Å².